The Morgan fingerprint density at radius 1 is 1.05 bits per heavy atom. The predicted molar refractivity (Wildman–Crippen MR) is 86.1 cm³/mol. The van der Waals surface area contributed by atoms with Crippen LogP contribution in [0.1, 0.15) is 23.5 Å². The number of rotatable bonds is 4. The van der Waals surface area contributed by atoms with Gasteiger partial charge in [-0.2, -0.15) is 0 Å². The van der Waals surface area contributed by atoms with Gasteiger partial charge in [0.15, 0.2) is 0 Å². The zero-order valence-corrected chi connectivity index (χ0v) is 12.7. The summed E-state index contributed by atoms with van der Waals surface area (Å²) in [7, 11) is 0. The summed E-state index contributed by atoms with van der Waals surface area (Å²) in [5, 5.41) is 9.76. The zero-order chi connectivity index (χ0) is 15.4. The summed E-state index contributed by atoms with van der Waals surface area (Å²) in [4.78, 5) is 2.40. The molecule has 1 N–H and O–H groups in total. The van der Waals surface area contributed by atoms with Crippen molar-refractivity contribution in [3.8, 4) is 0 Å². The maximum absolute atomic E-state index is 13.1. The molecule has 22 heavy (non-hydrogen) atoms. The molecule has 2 aromatic carbocycles. The van der Waals surface area contributed by atoms with Gasteiger partial charge in [0, 0.05) is 25.6 Å². The number of nitrogens with zero attached hydrogens (tertiary/aromatic N) is 1. The highest BCUT2D eigenvalue weighted by molar-refractivity contribution is 5.22. The van der Waals surface area contributed by atoms with Gasteiger partial charge in [-0.1, -0.05) is 42.5 Å². The summed E-state index contributed by atoms with van der Waals surface area (Å²) in [6.07, 6.45) is 1.00. The maximum Gasteiger partial charge on any atom is 0.123 e. The Bertz CT molecular complexity index is 584. The van der Waals surface area contributed by atoms with Crippen LogP contribution >= 0.6 is 0 Å². The molecule has 0 aliphatic carbocycles. The van der Waals surface area contributed by atoms with E-state index in [-0.39, 0.29) is 18.3 Å². The first-order valence-corrected chi connectivity index (χ1v) is 7.89. The number of benzene rings is 2. The molecule has 2 unspecified atom stereocenters. The number of piperidine rings is 1. The molecule has 0 saturated carbocycles. The molecule has 2 aromatic rings. The SMILES string of the molecule is OCC1CN(Cc2ccccc2)CCC1c1ccc(F)cc1. The van der Waals surface area contributed by atoms with Gasteiger partial charge in [0.1, 0.15) is 5.82 Å². The third-order valence-corrected chi connectivity index (χ3v) is 4.60. The highest BCUT2D eigenvalue weighted by atomic mass is 19.1. The van der Waals surface area contributed by atoms with E-state index in [1.54, 1.807) is 0 Å². The first-order valence-electron chi connectivity index (χ1n) is 7.89. The van der Waals surface area contributed by atoms with Crippen LogP contribution in [-0.4, -0.2) is 29.7 Å². The third-order valence-electron chi connectivity index (χ3n) is 4.60. The van der Waals surface area contributed by atoms with E-state index < -0.39 is 0 Å². The Morgan fingerprint density at radius 2 is 1.77 bits per heavy atom. The molecule has 2 atom stereocenters. The largest absolute Gasteiger partial charge is 0.396 e. The Kier molecular flexibility index (Phi) is 4.86. The van der Waals surface area contributed by atoms with Crippen molar-refractivity contribution in [3.05, 3.63) is 71.5 Å². The van der Waals surface area contributed by atoms with Crippen molar-refractivity contribution in [3.63, 3.8) is 0 Å². The number of aliphatic hydroxyl groups excluding tert-OH is 1. The monoisotopic (exact) mass is 299 g/mol. The lowest BCUT2D eigenvalue weighted by Gasteiger charge is -2.38. The van der Waals surface area contributed by atoms with Gasteiger partial charge in [-0.05, 0) is 42.1 Å². The Balaban J connectivity index is 1.67. The molecule has 0 aromatic heterocycles. The second kappa shape index (κ2) is 7.03. The van der Waals surface area contributed by atoms with Gasteiger partial charge < -0.3 is 5.11 Å². The van der Waals surface area contributed by atoms with E-state index in [1.165, 1.54) is 17.7 Å². The predicted octanol–water partition coefficient (Wildman–Crippen LogP) is 3.42. The summed E-state index contributed by atoms with van der Waals surface area (Å²) in [6, 6.07) is 17.2. The van der Waals surface area contributed by atoms with Crippen LogP contribution in [0.4, 0.5) is 4.39 Å². The molecule has 1 aliphatic rings. The fourth-order valence-corrected chi connectivity index (χ4v) is 3.43. The minimum Gasteiger partial charge on any atom is -0.396 e. The molecule has 3 rings (SSSR count). The molecule has 1 heterocycles. The molecule has 1 aliphatic heterocycles. The standard InChI is InChI=1S/C19H22FNO/c20-18-8-6-16(7-9-18)19-10-11-21(13-17(19)14-22)12-15-4-2-1-3-5-15/h1-9,17,19,22H,10-14H2. The van der Waals surface area contributed by atoms with E-state index >= 15 is 0 Å². The minimum absolute atomic E-state index is 0.174. The van der Waals surface area contributed by atoms with Gasteiger partial charge in [0.25, 0.3) is 0 Å². The van der Waals surface area contributed by atoms with Gasteiger partial charge >= 0.3 is 0 Å². The summed E-state index contributed by atoms with van der Waals surface area (Å²) in [5.41, 5.74) is 2.44. The fraction of sp³-hybridized carbons (Fsp3) is 0.368. The van der Waals surface area contributed by atoms with Crippen molar-refractivity contribution in [1.82, 2.24) is 4.90 Å². The molecule has 0 amide bonds. The summed E-state index contributed by atoms with van der Waals surface area (Å²) in [6.45, 7) is 2.99. The Labute approximate surface area is 131 Å². The van der Waals surface area contributed by atoms with Gasteiger partial charge in [-0.25, -0.2) is 4.39 Å². The Morgan fingerprint density at radius 3 is 2.45 bits per heavy atom. The van der Waals surface area contributed by atoms with Crippen LogP contribution in [-0.2, 0) is 6.54 Å². The normalized spacial score (nSPS) is 22.6. The van der Waals surface area contributed by atoms with Crippen LogP contribution in [0.2, 0.25) is 0 Å². The summed E-state index contributed by atoms with van der Waals surface area (Å²) >= 11 is 0. The van der Waals surface area contributed by atoms with Crippen molar-refractivity contribution in [1.29, 1.82) is 0 Å². The summed E-state index contributed by atoms with van der Waals surface area (Å²) in [5.74, 6) is 0.325. The average Bonchev–Trinajstić information content (AvgIpc) is 2.56. The molecular weight excluding hydrogens is 277 g/mol. The van der Waals surface area contributed by atoms with E-state index in [2.05, 4.69) is 29.2 Å². The van der Waals surface area contributed by atoms with E-state index in [1.807, 2.05) is 18.2 Å². The first kappa shape index (κ1) is 15.2. The summed E-state index contributed by atoms with van der Waals surface area (Å²) < 4.78 is 13.1. The molecule has 0 bridgehead atoms. The number of hydrogen-bond acceptors (Lipinski definition) is 2. The Hall–Kier alpha value is -1.71. The fourth-order valence-electron chi connectivity index (χ4n) is 3.43. The lowest BCUT2D eigenvalue weighted by atomic mass is 9.81. The molecular formula is C19H22FNO. The molecule has 0 spiro atoms. The number of hydrogen-bond donors (Lipinski definition) is 1. The number of aliphatic hydroxyl groups is 1. The van der Waals surface area contributed by atoms with Crippen LogP contribution in [0.5, 0.6) is 0 Å². The number of likely N-dealkylation sites (tertiary alicyclic amines) is 1. The van der Waals surface area contributed by atoms with Crippen molar-refractivity contribution in [2.75, 3.05) is 19.7 Å². The lowest BCUT2D eigenvalue weighted by molar-refractivity contribution is 0.0972. The lowest BCUT2D eigenvalue weighted by Crippen LogP contribution is -2.40. The van der Waals surface area contributed by atoms with Crippen LogP contribution in [0.3, 0.4) is 0 Å². The highest BCUT2D eigenvalue weighted by Gasteiger charge is 2.29. The molecule has 1 fully saturated rings. The van der Waals surface area contributed by atoms with Crippen molar-refractivity contribution < 1.29 is 9.50 Å². The van der Waals surface area contributed by atoms with E-state index in [9.17, 15) is 9.50 Å². The first-order chi connectivity index (χ1) is 10.8. The van der Waals surface area contributed by atoms with E-state index in [4.69, 9.17) is 0 Å². The zero-order valence-electron chi connectivity index (χ0n) is 12.7. The number of halogens is 1. The second-order valence-electron chi connectivity index (χ2n) is 6.11. The highest BCUT2D eigenvalue weighted by Crippen LogP contribution is 2.33. The topological polar surface area (TPSA) is 23.5 Å². The third kappa shape index (κ3) is 3.54. The van der Waals surface area contributed by atoms with Gasteiger partial charge in [-0.15, -0.1) is 0 Å². The average molecular weight is 299 g/mol. The second-order valence-corrected chi connectivity index (χ2v) is 6.11. The van der Waals surface area contributed by atoms with Gasteiger partial charge in [0.2, 0.25) is 0 Å². The van der Waals surface area contributed by atoms with Crippen LogP contribution in [0, 0.1) is 11.7 Å². The minimum atomic E-state index is -0.203. The van der Waals surface area contributed by atoms with E-state index in [0.29, 0.717) is 5.92 Å². The van der Waals surface area contributed by atoms with Gasteiger partial charge in [0.05, 0.1) is 0 Å². The molecule has 1 saturated heterocycles. The van der Waals surface area contributed by atoms with Crippen LogP contribution in [0.25, 0.3) is 0 Å². The van der Waals surface area contributed by atoms with Crippen molar-refractivity contribution in [2.45, 2.75) is 18.9 Å². The molecule has 0 radical (unpaired) electrons. The van der Waals surface area contributed by atoms with Crippen LogP contribution in [0.15, 0.2) is 54.6 Å². The van der Waals surface area contributed by atoms with Crippen molar-refractivity contribution >= 4 is 0 Å². The van der Waals surface area contributed by atoms with Crippen molar-refractivity contribution in [2.24, 2.45) is 5.92 Å². The molecule has 2 nitrogen and oxygen atoms in total. The van der Waals surface area contributed by atoms with E-state index in [0.717, 1.165) is 31.6 Å². The quantitative estimate of drug-likeness (QED) is 0.935. The molecule has 116 valence electrons. The smallest absolute Gasteiger partial charge is 0.123 e. The van der Waals surface area contributed by atoms with Gasteiger partial charge in [-0.3, -0.25) is 4.90 Å². The van der Waals surface area contributed by atoms with Crippen LogP contribution < -0.4 is 0 Å². The maximum atomic E-state index is 13.1. The molecule has 3 heteroatoms.